The summed E-state index contributed by atoms with van der Waals surface area (Å²) in [5.74, 6) is -0.305. The Labute approximate surface area is 79.0 Å². The van der Waals surface area contributed by atoms with Crippen LogP contribution in [0.25, 0.3) is 0 Å². The number of benzene rings is 1. The molecule has 0 saturated heterocycles. The molecule has 0 aliphatic carbocycles. The SMILES string of the molecule is Cc1cc(F)c(Br)c(CC#N)c1. The second-order valence-corrected chi connectivity index (χ2v) is 3.35. The predicted octanol–water partition coefficient (Wildman–Crippen LogP) is 2.96. The summed E-state index contributed by atoms with van der Waals surface area (Å²) in [7, 11) is 0. The van der Waals surface area contributed by atoms with Crippen molar-refractivity contribution in [3.8, 4) is 6.07 Å². The normalized spacial score (nSPS) is 9.50. The maximum atomic E-state index is 13.0. The number of hydrogen-bond donors (Lipinski definition) is 0. The first-order chi connectivity index (χ1) is 5.65. The Hall–Kier alpha value is -0.880. The van der Waals surface area contributed by atoms with Crippen LogP contribution in [0.3, 0.4) is 0 Å². The van der Waals surface area contributed by atoms with Crippen LogP contribution in [0.15, 0.2) is 16.6 Å². The van der Waals surface area contributed by atoms with Gasteiger partial charge in [-0.15, -0.1) is 0 Å². The molecule has 0 atom stereocenters. The summed E-state index contributed by atoms with van der Waals surface area (Å²) < 4.78 is 13.4. The zero-order chi connectivity index (χ0) is 9.14. The predicted molar refractivity (Wildman–Crippen MR) is 48.2 cm³/mol. The molecule has 1 rings (SSSR count). The van der Waals surface area contributed by atoms with E-state index >= 15 is 0 Å². The van der Waals surface area contributed by atoms with Gasteiger partial charge in [-0.3, -0.25) is 0 Å². The Balaban J connectivity index is 3.20. The van der Waals surface area contributed by atoms with Crippen molar-refractivity contribution in [1.29, 1.82) is 5.26 Å². The van der Waals surface area contributed by atoms with Gasteiger partial charge in [0.2, 0.25) is 0 Å². The van der Waals surface area contributed by atoms with E-state index in [1.54, 1.807) is 13.0 Å². The van der Waals surface area contributed by atoms with E-state index in [1.165, 1.54) is 6.07 Å². The van der Waals surface area contributed by atoms with Gasteiger partial charge in [0.1, 0.15) is 5.82 Å². The highest BCUT2D eigenvalue weighted by Crippen LogP contribution is 2.22. The first kappa shape index (κ1) is 9.21. The molecule has 1 aromatic carbocycles. The highest BCUT2D eigenvalue weighted by Gasteiger charge is 2.05. The van der Waals surface area contributed by atoms with E-state index in [9.17, 15) is 4.39 Å². The fourth-order valence-corrected chi connectivity index (χ4v) is 1.38. The van der Waals surface area contributed by atoms with Crippen LogP contribution < -0.4 is 0 Å². The Morgan fingerprint density at radius 2 is 2.25 bits per heavy atom. The van der Waals surface area contributed by atoms with Crippen LogP contribution >= 0.6 is 15.9 Å². The minimum absolute atomic E-state index is 0.235. The van der Waals surface area contributed by atoms with Crippen LogP contribution in [0.2, 0.25) is 0 Å². The molecule has 0 amide bonds. The van der Waals surface area contributed by atoms with E-state index in [1.807, 2.05) is 6.07 Å². The van der Waals surface area contributed by atoms with Gasteiger partial charge in [0.15, 0.2) is 0 Å². The first-order valence-electron chi connectivity index (χ1n) is 3.46. The second-order valence-electron chi connectivity index (χ2n) is 2.55. The number of rotatable bonds is 1. The first-order valence-corrected chi connectivity index (χ1v) is 4.26. The highest BCUT2D eigenvalue weighted by atomic mass is 79.9. The van der Waals surface area contributed by atoms with E-state index in [4.69, 9.17) is 5.26 Å². The van der Waals surface area contributed by atoms with Crippen LogP contribution in [0, 0.1) is 24.1 Å². The third-order valence-electron chi connectivity index (χ3n) is 1.52. The third-order valence-corrected chi connectivity index (χ3v) is 2.41. The molecule has 12 heavy (non-hydrogen) atoms. The standard InChI is InChI=1S/C9H7BrFN/c1-6-4-7(2-3-12)9(10)8(11)5-6/h4-5H,2H2,1H3. The minimum atomic E-state index is -0.305. The van der Waals surface area contributed by atoms with E-state index < -0.39 is 0 Å². The van der Waals surface area contributed by atoms with Gasteiger partial charge in [-0.1, -0.05) is 6.07 Å². The molecule has 0 bridgehead atoms. The summed E-state index contributed by atoms with van der Waals surface area (Å²) in [4.78, 5) is 0. The summed E-state index contributed by atoms with van der Waals surface area (Å²) in [5, 5.41) is 8.43. The lowest BCUT2D eigenvalue weighted by Crippen LogP contribution is -1.89. The van der Waals surface area contributed by atoms with Gasteiger partial charge in [0.25, 0.3) is 0 Å². The van der Waals surface area contributed by atoms with Gasteiger partial charge in [0.05, 0.1) is 17.0 Å². The number of nitrogens with zero attached hydrogens (tertiary/aromatic N) is 1. The van der Waals surface area contributed by atoms with Crippen molar-refractivity contribution in [2.24, 2.45) is 0 Å². The zero-order valence-corrected chi connectivity index (χ0v) is 8.15. The van der Waals surface area contributed by atoms with Crippen molar-refractivity contribution in [2.75, 3.05) is 0 Å². The smallest absolute Gasteiger partial charge is 0.137 e. The molecule has 0 saturated carbocycles. The van der Waals surface area contributed by atoms with E-state index in [0.29, 0.717) is 10.0 Å². The monoisotopic (exact) mass is 227 g/mol. The summed E-state index contributed by atoms with van der Waals surface area (Å²) in [6.45, 7) is 1.80. The Morgan fingerprint density at radius 3 is 2.83 bits per heavy atom. The summed E-state index contributed by atoms with van der Waals surface area (Å²) >= 11 is 3.09. The molecule has 62 valence electrons. The molecule has 0 aliphatic rings. The lowest BCUT2D eigenvalue weighted by molar-refractivity contribution is 0.618. The fourth-order valence-electron chi connectivity index (χ4n) is 1.01. The van der Waals surface area contributed by atoms with Crippen LogP contribution in [0.5, 0.6) is 0 Å². The van der Waals surface area contributed by atoms with Crippen molar-refractivity contribution < 1.29 is 4.39 Å². The molecule has 0 N–H and O–H groups in total. The fraction of sp³-hybridized carbons (Fsp3) is 0.222. The number of hydrogen-bond acceptors (Lipinski definition) is 1. The molecule has 1 nitrogen and oxygen atoms in total. The van der Waals surface area contributed by atoms with Crippen LogP contribution in [0.1, 0.15) is 11.1 Å². The average Bonchev–Trinajstić information content (AvgIpc) is 2.00. The van der Waals surface area contributed by atoms with Crippen molar-refractivity contribution >= 4 is 15.9 Å². The third kappa shape index (κ3) is 1.83. The maximum absolute atomic E-state index is 13.0. The number of nitriles is 1. The van der Waals surface area contributed by atoms with Gasteiger partial charge in [-0.25, -0.2) is 4.39 Å². The van der Waals surface area contributed by atoms with Gasteiger partial charge in [-0.05, 0) is 40.0 Å². The molecule has 0 fully saturated rings. The lowest BCUT2D eigenvalue weighted by atomic mass is 10.1. The maximum Gasteiger partial charge on any atom is 0.137 e. The molecular weight excluding hydrogens is 221 g/mol. The van der Waals surface area contributed by atoms with Crippen molar-refractivity contribution in [3.05, 3.63) is 33.5 Å². The van der Waals surface area contributed by atoms with E-state index in [-0.39, 0.29) is 12.2 Å². The average molecular weight is 228 g/mol. The molecule has 0 unspecified atom stereocenters. The van der Waals surface area contributed by atoms with Crippen molar-refractivity contribution in [2.45, 2.75) is 13.3 Å². The van der Waals surface area contributed by atoms with E-state index in [0.717, 1.165) is 5.56 Å². The van der Waals surface area contributed by atoms with Gasteiger partial charge in [-0.2, -0.15) is 5.26 Å². The van der Waals surface area contributed by atoms with Crippen LogP contribution in [-0.2, 0) is 6.42 Å². The molecule has 0 aromatic heterocycles. The molecule has 3 heteroatoms. The second kappa shape index (κ2) is 3.68. The summed E-state index contributed by atoms with van der Waals surface area (Å²) in [6, 6.07) is 5.22. The van der Waals surface area contributed by atoms with Gasteiger partial charge in [0, 0.05) is 0 Å². The Bertz CT molecular complexity index is 341. The quantitative estimate of drug-likeness (QED) is 0.724. The molecular formula is C9H7BrFN. The summed E-state index contributed by atoms with van der Waals surface area (Å²) in [6.07, 6.45) is 0.235. The lowest BCUT2D eigenvalue weighted by Gasteiger charge is -2.02. The highest BCUT2D eigenvalue weighted by molar-refractivity contribution is 9.10. The number of halogens is 2. The van der Waals surface area contributed by atoms with Crippen molar-refractivity contribution in [1.82, 2.24) is 0 Å². The van der Waals surface area contributed by atoms with Gasteiger partial charge < -0.3 is 0 Å². The molecule has 0 heterocycles. The number of aryl methyl sites for hydroxylation is 1. The Morgan fingerprint density at radius 1 is 1.58 bits per heavy atom. The molecule has 0 spiro atoms. The van der Waals surface area contributed by atoms with Gasteiger partial charge >= 0.3 is 0 Å². The zero-order valence-electron chi connectivity index (χ0n) is 6.56. The van der Waals surface area contributed by atoms with E-state index in [2.05, 4.69) is 15.9 Å². The summed E-state index contributed by atoms with van der Waals surface area (Å²) in [5.41, 5.74) is 1.54. The minimum Gasteiger partial charge on any atom is -0.206 e. The largest absolute Gasteiger partial charge is 0.206 e. The molecule has 0 aliphatic heterocycles. The van der Waals surface area contributed by atoms with Crippen molar-refractivity contribution in [3.63, 3.8) is 0 Å². The molecule has 1 aromatic rings. The van der Waals surface area contributed by atoms with Crippen LogP contribution in [0.4, 0.5) is 4.39 Å². The molecule has 0 radical (unpaired) electrons. The van der Waals surface area contributed by atoms with Crippen LogP contribution in [-0.4, -0.2) is 0 Å². The topological polar surface area (TPSA) is 23.8 Å². The Kier molecular flexibility index (Phi) is 2.83.